The first-order valence-corrected chi connectivity index (χ1v) is 10.6. The van der Waals surface area contributed by atoms with Gasteiger partial charge in [0.05, 0.1) is 27.7 Å². The van der Waals surface area contributed by atoms with Crippen molar-refractivity contribution in [3.63, 3.8) is 0 Å². The second-order valence-electron chi connectivity index (χ2n) is 6.75. The van der Waals surface area contributed by atoms with E-state index in [1.54, 1.807) is 54.6 Å². The highest BCUT2D eigenvalue weighted by molar-refractivity contribution is 6.42. The highest BCUT2D eigenvalue weighted by Crippen LogP contribution is 2.38. The molecule has 0 amide bonds. The lowest BCUT2D eigenvalue weighted by Crippen LogP contribution is -2.09. The molecule has 0 unspecified atom stereocenters. The molecule has 0 bridgehead atoms. The van der Waals surface area contributed by atoms with E-state index in [0.29, 0.717) is 26.7 Å². The van der Waals surface area contributed by atoms with Crippen molar-refractivity contribution in [2.75, 3.05) is 7.11 Å². The van der Waals surface area contributed by atoms with Crippen molar-refractivity contribution in [2.24, 2.45) is 4.99 Å². The smallest absolute Gasteiger partial charge is 0.363 e. The Hall–Kier alpha value is -3.32. The highest BCUT2D eigenvalue weighted by Gasteiger charge is 2.25. The number of esters is 2. The fourth-order valence-corrected chi connectivity index (χ4v) is 3.52. The monoisotopic (exact) mass is 501 g/mol. The summed E-state index contributed by atoms with van der Waals surface area (Å²) in [6, 6.07) is 16.3. The van der Waals surface area contributed by atoms with Crippen molar-refractivity contribution in [1.82, 2.24) is 0 Å². The molecular formula is C24H14Cl3NO5. The molecule has 33 heavy (non-hydrogen) atoms. The van der Waals surface area contributed by atoms with Gasteiger partial charge in [0.15, 0.2) is 17.2 Å². The number of aliphatic imine (C=N–C) groups is 1. The number of hydrogen-bond acceptors (Lipinski definition) is 6. The zero-order valence-corrected chi connectivity index (χ0v) is 19.2. The van der Waals surface area contributed by atoms with Crippen molar-refractivity contribution < 1.29 is 23.8 Å². The van der Waals surface area contributed by atoms with E-state index in [1.807, 2.05) is 0 Å². The second-order valence-corrected chi connectivity index (χ2v) is 7.98. The molecule has 9 heteroatoms. The molecule has 1 heterocycles. The van der Waals surface area contributed by atoms with Crippen LogP contribution in [0.3, 0.4) is 0 Å². The van der Waals surface area contributed by atoms with Crippen LogP contribution >= 0.6 is 34.8 Å². The molecule has 1 aliphatic rings. The van der Waals surface area contributed by atoms with Crippen LogP contribution in [0.15, 0.2) is 71.4 Å². The van der Waals surface area contributed by atoms with E-state index in [2.05, 4.69) is 4.99 Å². The third-order valence-corrected chi connectivity index (χ3v) is 5.57. The fraction of sp³-hybridized carbons (Fsp3) is 0.0417. The van der Waals surface area contributed by atoms with E-state index >= 15 is 0 Å². The Morgan fingerprint density at radius 1 is 0.970 bits per heavy atom. The maximum Gasteiger partial charge on any atom is 0.363 e. The summed E-state index contributed by atoms with van der Waals surface area (Å²) in [6.07, 6.45) is 1.48. The highest BCUT2D eigenvalue weighted by atomic mass is 35.5. The molecule has 3 aromatic rings. The Labute approximate surface area is 204 Å². The normalized spacial score (nSPS) is 14.1. The van der Waals surface area contributed by atoms with Gasteiger partial charge in [0, 0.05) is 5.56 Å². The van der Waals surface area contributed by atoms with Crippen molar-refractivity contribution in [1.29, 1.82) is 0 Å². The van der Waals surface area contributed by atoms with E-state index in [1.165, 1.54) is 19.3 Å². The van der Waals surface area contributed by atoms with Gasteiger partial charge in [-0.15, -0.1) is 0 Å². The molecule has 0 saturated carbocycles. The molecule has 0 aromatic heterocycles. The quantitative estimate of drug-likeness (QED) is 0.235. The van der Waals surface area contributed by atoms with E-state index in [9.17, 15) is 9.59 Å². The number of carbonyl (C=O) groups is 2. The number of cyclic esters (lactones) is 1. The summed E-state index contributed by atoms with van der Waals surface area (Å²) in [5.41, 5.74) is 1.39. The molecule has 0 fully saturated rings. The molecule has 0 radical (unpaired) electrons. The first-order valence-electron chi connectivity index (χ1n) is 9.48. The number of nitrogens with zero attached hydrogens (tertiary/aromatic N) is 1. The van der Waals surface area contributed by atoms with Crippen LogP contribution in [0.5, 0.6) is 11.5 Å². The van der Waals surface area contributed by atoms with Gasteiger partial charge >= 0.3 is 11.9 Å². The van der Waals surface area contributed by atoms with Crippen molar-refractivity contribution in [3.05, 3.63) is 98.1 Å². The molecule has 0 spiro atoms. The maximum atomic E-state index is 12.4. The number of halogens is 3. The molecule has 6 nitrogen and oxygen atoms in total. The van der Waals surface area contributed by atoms with Crippen molar-refractivity contribution in [3.8, 4) is 11.5 Å². The Balaban J connectivity index is 1.63. The number of methoxy groups -OCH3 is 1. The minimum atomic E-state index is -0.647. The standard InChI is InChI=1S/C24H14Cl3NO5/c1-31-20-11-13(9-18(27)21(20)32-23(29)14-5-3-2-4-6-14)10-19-24(30)33-22(28-19)15-7-8-16(25)17(26)12-15/h2-12H,1H3/b19-10-. The molecule has 0 aliphatic carbocycles. The zero-order valence-electron chi connectivity index (χ0n) is 17.0. The molecule has 3 aromatic carbocycles. The van der Waals surface area contributed by atoms with Crippen LogP contribution in [0, 0.1) is 0 Å². The van der Waals surface area contributed by atoms with Gasteiger partial charge in [-0.1, -0.05) is 53.0 Å². The first-order chi connectivity index (χ1) is 15.9. The van der Waals surface area contributed by atoms with E-state index in [0.717, 1.165) is 0 Å². The van der Waals surface area contributed by atoms with Gasteiger partial charge in [0.2, 0.25) is 5.90 Å². The van der Waals surface area contributed by atoms with Crippen molar-refractivity contribution in [2.45, 2.75) is 0 Å². The molecule has 0 saturated heterocycles. The third-order valence-electron chi connectivity index (χ3n) is 4.55. The van der Waals surface area contributed by atoms with E-state index in [4.69, 9.17) is 49.0 Å². The summed E-state index contributed by atoms with van der Waals surface area (Å²) in [4.78, 5) is 29.0. The summed E-state index contributed by atoms with van der Waals surface area (Å²) in [5, 5.41) is 0.795. The van der Waals surface area contributed by atoms with Gasteiger partial charge in [0.25, 0.3) is 0 Å². The second kappa shape index (κ2) is 9.67. The van der Waals surface area contributed by atoms with E-state index in [-0.39, 0.29) is 28.1 Å². The van der Waals surface area contributed by atoms with Crippen LogP contribution in [-0.4, -0.2) is 24.9 Å². The lowest BCUT2D eigenvalue weighted by atomic mass is 10.1. The molecule has 0 N–H and O–H groups in total. The topological polar surface area (TPSA) is 74.2 Å². The van der Waals surface area contributed by atoms with Crippen LogP contribution in [0.4, 0.5) is 0 Å². The van der Waals surface area contributed by atoms with Gasteiger partial charge in [-0.2, -0.15) is 0 Å². The molecule has 4 rings (SSSR count). The summed E-state index contributed by atoms with van der Waals surface area (Å²) in [7, 11) is 1.41. The minimum absolute atomic E-state index is 0.0447. The van der Waals surface area contributed by atoms with Gasteiger partial charge < -0.3 is 14.2 Å². The lowest BCUT2D eigenvalue weighted by Gasteiger charge is -2.12. The number of rotatable bonds is 5. The Morgan fingerprint density at radius 3 is 2.42 bits per heavy atom. The Morgan fingerprint density at radius 2 is 1.73 bits per heavy atom. The predicted octanol–water partition coefficient (Wildman–Crippen LogP) is 6.22. The van der Waals surface area contributed by atoms with Crippen LogP contribution in [0.2, 0.25) is 15.1 Å². The van der Waals surface area contributed by atoms with Gasteiger partial charge in [-0.25, -0.2) is 14.6 Å². The number of ether oxygens (including phenoxy) is 3. The van der Waals surface area contributed by atoms with Crippen molar-refractivity contribution >= 4 is 58.7 Å². The first kappa shape index (κ1) is 22.9. The summed E-state index contributed by atoms with van der Waals surface area (Å²) < 4.78 is 16.0. The summed E-state index contributed by atoms with van der Waals surface area (Å²) >= 11 is 18.3. The predicted molar refractivity (Wildman–Crippen MR) is 126 cm³/mol. The van der Waals surface area contributed by atoms with Gasteiger partial charge in [-0.05, 0) is 54.1 Å². The average Bonchev–Trinajstić information content (AvgIpc) is 3.17. The molecule has 166 valence electrons. The van der Waals surface area contributed by atoms with Crippen LogP contribution < -0.4 is 9.47 Å². The van der Waals surface area contributed by atoms with Crippen LogP contribution in [0.25, 0.3) is 6.08 Å². The lowest BCUT2D eigenvalue weighted by molar-refractivity contribution is -0.129. The van der Waals surface area contributed by atoms with Gasteiger partial charge in [-0.3, -0.25) is 0 Å². The maximum absolute atomic E-state index is 12.4. The number of carbonyl (C=O) groups excluding carboxylic acids is 2. The summed E-state index contributed by atoms with van der Waals surface area (Å²) in [6.45, 7) is 0. The van der Waals surface area contributed by atoms with Gasteiger partial charge in [0.1, 0.15) is 0 Å². The third kappa shape index (κ3) is 5.03. The van der Waals surface area contributed by atoms with Crippen LogP contribution in [-0.2, 0) is 9.53 Å². The van der Waals surface area contributed by atoms with E-state index < -0.39 is 11.9 Å². The Kier molecular flexibility index (Phi) is 6.70. The minimum Gasteiger partial charge on any atom is -0.493 e. The summed E-state index contributed by atoms with van der Waals surface area (Å²) in [5.74, 6) is -0.873. The average molecular weight is 503 g/mol. The number of hydrogen-bond donors (Lipinski definition) is 0. The number of benzene rings is 3. The molecular weight excluding hydrogens is 489 g/mol. The molecule has 1 aliphatic heterocycles. The van der Waals surface area contributed by atoms with Crippen LogP contribution in [0.1, 0.15) is 21.5 Å². The zero-order chi connectivity index (χ0) is 23.5. The fourth-order valence-electron chi connectivity index (χ4n) is 2.97. The SMILES string of the molecule is COc1cc(/C=C2\N=C(c3ccc(Cl)c(Cl)c3)OC2=O)cc(Cl)c1OC(=O)c1ccccc1. The largest absolute Gasteiger partial charge is 0.493 e. The molecule has 0 atom stereocenters. The Bertz CT molecular complexity index is 1320.